The number of esters is 1. The molecule has 1 aromatic carbocycles. The molecule has 0 spiro atoms. The number of carbonyl (C=O) groups is 1. The lowest BCUT2D eigenvalue weighted by molar-refractivity contribution is -0.140. The highest BCUT2D eigenvalue weighted by molar-refractivity contribution is 9.10. The lowest BCUT2D eigenvalue weighted by Gasteiger charge is -2.30. The van der Waals surface area contributed by atoms with Crippen LogP contribution in [0.1, 0.15) is 65.4 Å². The number of rotatable bonds is 6. The minimum absolute atomic E-state index is 0.0411. The van der Waals surface area contributed by atoms with Crippen molar-refractivity contribution in [2.24, 2.45) is 5.41 Å². The monoisotopic (exact) mass is 462 g/mol. The Labute approximate surface area is 181 Å². The fraction of sp³-hybridized carbons (Fsp3) is 0.478. The molecule has 0 aromatic heterocycles. The van der Waals surface area contributed by atoms with E-state index < -0.39 is 11.9 Å². The Kier molecular flexibility index (Phi) is 7.65. The molecule has 1 atom stereocenters. The van der Waals surface area contributed by atoms with E-state index in [0.29, 0.717) is 39.9 Å². The maximum absolute atomic E-state index is 13.7. The molecule has 0 saturated carbocycles. The summed E-state index contributed by atoms with van der Waals surface area (Å²) in [4.78, 5) is 13.2. The summed E-state index contributed by atoms with van der Waals surface area (Å²) in [6.07, 6.45) is 2.20. The number of hydrogen-bond donors (Lipinski definition) is 1. The zero-order chi connectivity index (χ0) is 21.8. The van der Waals surface area contributed by atoms with Gasteiger partial charge in [-0.1, -0.05) is 56.1 Å². The summed E-state index contributed by atoms with van der Waals surface area (Å²) in [6.45, 7) is 10.4. The molecule has 1 unspecified atom stereocenters. The molecule has 1 heterocycles. The number of halogens is 2. The number of carbonyl (C=O) groups excluding carboxylic acids is 1. The zero-order valence-corrected chi connectivity index (χ0v) is 19.2. The van der Waals surface area contributed by atoms with Gasteiger partial charge in [-0.05, 0) is 42.9 Å². The molecule has 0 saturated heterocycles. The van der Waals surface area contributed by atoms with E-state index in [1.165, 1.54) is 12.1 Å². The number of ether oxygens (including phenoxy) is 1. The van der Waals surface area contributed by atoms with Crippen LogP contribution in [0.15, 0.2) is 45.2 Å². The van der Waals surface area contributed by atoms with E-state index in [9.17, 15) is 14.4 Å². The third-order valence-corrected chi connectivity index (χ3v) is 5.53. The SMILES string of the molecule is CCCC1=C(C(=O)OCCC(C)(C)C)C(c2ccc(F)cc2Br)C(C#N)=C(C)N1. The second-order valence-electron chi connectivity index (χ2n) is 8.46. The average Bonchev–Trinajstić information content (AvgIpc) is 2.60. The fourth-order valence-corrected chi connectivity index (χ4v) is 3.89. The normalized spacial score (nSPS) is 17.1. The lowest BCUT2D eigenvalue weighted by Crippen LogP contribution is -2.30. The van der Waals surface area contributed by atoms with Crippen LogP contribution in [0.25, 0.3) is 0 Å². The second kappa shape index (κ2) is 9.58. The van der Waals surface area contributed by atoms with Crippen LogP contribution in [-0.2, 0) is 9.53 Å². The summed E-state index contributed by atoms with van der Waals surface area (Å²) in [5.74, 6) is -1.44. The molecule has 1 aromatic rings. The smallest absolute Gasteiger partial charge is 0.336 e. The Bertz CT molecular complexity index is 891. The first-order chi connectivity index (χ1) is 13.6. The van der Waals surface area contributed by atoms with Crippen molar-refractivity contribution in [2.45, 2.75) is 59.8 Å². The molecule has 0 amide bonds. The highest BCUT2D eigenvalue weighted by Gasteiger charge is 2.36. The summed E-state index contributed by atoms with van der Waals surface area (Å²) in [7, 11) is 0. The Hall–Kier alpha value is -2.13. The number of nitrogens with zero attached hydrogens (tertiary/aromatic N) is 1. The molecule has 0 bridgehead atoms. The van der Waals surface area contributed by atoms with E-state index in [0.717, 1.165) is 18.5 Å². The van der Waals surface area contributed by atoms with Gasteiger partial charge in [0.25, 0.3) is 0 Å². The second-order valence-corrected chi connectivity index (χ2v) is 9.32. The summed E-state index contributed by atoms with van der Waals surface area (Å²) in [5.41, 5.74) is 3.02. The van der Waals surface area contributed by atoms with Crippen molar-refractivity contribution < 1.29 is 13.9 Å². The highest BCUT2D eigenvalue weighted by Crippen LogP contribution is 2.42. The number of nitrogens with one attached hydrogen (secondary N) is 1. The van der Waals surface area contributed by atoms with Crippen LogP contribution in [0.4, 0.5) is 4.39 Å². The van der Waals surface area contributed by atoms with Gasteiger partial charge in [0.15, 0.2) is 0 Å². The van der Waals surface area contributed by atoms with Crippen molar-refractivity contribution in [1.82, 2.24) is 5.32 Å². The van der Waals surface area contributed by atoms with Crippen LogP contribution in [0.2, 0.25) is 0 Å². The molecule has 6 heteroatoms. The summed E-state index contributed by atoms with van der Waals surface area (Å²) < 4.78 is 19.8. The Morgan fingerprint density at radius 3 is 2.62 bits per heavy atom. The number of dihydropyridines is 1. The summed E-state index contributed by atoms with van der Waals surface area (Å²) in [5, 5.41) is 13.1. The van der Waals surface area contributed by atoms with Crippen LogP contribution in [0.5, 0.6) is 0 Å². The molecule has 1 aliphatic rings. The molecule has 0 radical (unpaired) electrons. The molecular formula is C23H28BrFN2O2. The highest BCUT2D eigenvalue weighted by atomic mass is 79.9. The van der Waals surface area contributed by atoms with E-state index in [2.05, 4.69) is 48.1 Å². The average molecular weight is 463 g/mol. The molecule has 0 aliphatic carbocycles. The maximum atomic E-state index is 13.7. The van der Waals surface area contributed by atoms with Crippen LogP contribution >= 0.6 is 15.9 Å². The quantitative estimate of drug-likeness (QED) is 0.518. The first-order valence-electron chi connectivity index (χ1n) is 9.82. The first-order valence-corrected chi connectivity index (χ1v) is 10.6. The van der Waals surface area contributed by atoms with E-state index in [4.69, 9.17) is 4.74 Å². The van der Waals surface area contributed by atoms with Gasteiger partial charge in [-0.15, -0.1) is 0 Å². The largest absolute Gasteiger partial charge is 0.462 e. The minimum Gasteiger partial charge on any atom is -0.462 e. The summed E-state index contributed by atoms with van der Waals surface area (Å²) >= 11 is 3.41. The number of allylic oxidation sites excluding steroid dienone is 3. The summed E-state index contributed by atoms with van der Waals surface area (Å²) in [6, 6.07) is 6.54. The number of nitriles is 1. The standard InChI is InChI=1S/C23H28BrFN2O2/c1-6-7-19-21(22(28)29-11-10-23(3,4)5)20(17(13-26)14(2)27-19)16-9-8-15(25)12-18(16)24/h8-9,12,20,27H,6-7,10-11H2,1-5H3. The number of hydrogen-bond acceptors (Lipinski definition) is 4. The van der Waals surface area contributed by atoms with E-state index in [1.807, 2.05) is 13.8 Å². The van der Waals surface area contributed by atoms with Crippen LogP contribution in [-0.4, -0.2) is 12.6 Å². The molecule has 29 heavy (non-hydrogen) atoms. The van der Waals surface area contributed by atoms with Gasteiger partial charge in [-0.25, -0.2) is 9.18 Å². The van der Waals surface area contributed by atoms with Crippen molar-refractivity contribution in [1.29, 1.82) is 5.26 Å². The van der Waals surface area contributed by atoms with E-state index >= 15 is 0 Å². The van der Waals surface area contributed by atoms with Crippen molar-refractivity contribution in [2.75, 3.05) is 6.61 Å². The van der Waals surface area contributed by atoms with Gasteiger partial charge < -0.3 is 10.1 Å². The van der Waals surface area contributed by atoms with Crippen LogP contribution in [0.3, 0.4) is 0 Å². The predicted molar refractivity (Wildman–Crippen MR) is 115 cm³/mol. The topological polar surface area (TPSA) is 62.1 Å². The van der Waals surface area contributed by atoms with Gasteiger partial charge in [0.05, 0.1) is 29.7 Å². The molecule has 0 fully saturated rings. The van der Waals surface area contributed by atoms with Gasteiger partial charge in [0, 0.05) is 15.9 Å². The fourth-order valence-electron chi connectivity index (χ4n) is 3.31. The van der Waals surface area contributed by atoms with Crippen LogP contribution < -0.4 is 5.32 Å². The Balaban J connectivity index is 2.54. The lowest BCUT2D eigenvalue weighted by atomic mass is 9.80. The van der Waals surface area contributed by atoms with Crippen molar-refractivity contribution in [3.05, 3.63) is 56.6 Å². The van der Waals surface area contributed by atoms with Gasteiger partial charge in [0.2, 0.25) is 0 Å². The Morgan fingerprint density at radius 2 is 2.07 bits per heavy atom. The van der Waals surface area contributed by atoms with Crippen molar-refractivity contribution >= 4 is 21.9 Å². The minimum atomic E-state index is -0.611. The van der Waals surface area contributed by atoms with Crippen molar-refractivity contribution in [3.8, 4) is 6.07 Å². The third kappa shape index (κ3) is 5.70. The first kappa shape index (κ1) is 23.2. The third-order valence-electron chi connectivity index (χ3n) is 4.84. The van der Waals surface area contributed by atoms with Crippen LogP contribution in [0, 0.1) is 22.6 Å². The molecule has 1 aliphatic heterocycles. The van der Waals surface area contributed by atoms with Gasteiger partial charge in [-0.2, -0.15) is 5.26 Å². The molecular weight excluding hydrogens is 435 g/mol. The van der Waals surface area contributed by atoms with Gasteiger partial charge in [-0.3, -0.25) is 0 Å². The molecule has 4 nitrogen and oxygen atoms in total. The van der Waals surface area contributed by atoms with E-state index in [1.54, 1.807) is 6.07 Å². The maximum Gasteiger partial charge on any atom is 0.336 e. The van der Waals surface area contributed by atoms with Crippen molar-refractivity contribution in [3.63, 3.8) is 0 Å². The Morgan fingerprint density at radius 1 is 1.38 bits per heavy atom. The molecule has 2 rings (SSSR count). The van der Waals surface area contributed by atoms with E-state index in [-0.39, 0.29) is 11.2 Å². The number of benzene rings is 1. The predicted octanol–water partition coefficient (Wildman–Crippen LogP) is 6.11. The zero-order valence-electron chi connectivity index (χ0n) is 17.7. The molecule has 1 N–H and O–H groups in total. The molecule has 156 valence electrons. The van der Waals surface area contributed by atoms with Gasteiger partial charge in [0.1, 0.15) is 5.82 Å². The van der Waals surface area contributed by atoms with Gasteiger partial charge >= 0.3 is 5.97 Å².